The van der Waals surface area contributed by atoms with E-state index in [-0.39, 0.29) is 16.9 Å². The minimum absolute atomic E-state index is 0.0343. The Morgan fingerprint density at radius 3 is 2.29 bits per heavy atom. The Morgan fingerprint density at radius 2 is 1.60 bits per heavy atom. The fourth-order valence-corrected chi connectivity index (χ4v) is 4.01. The highest BCUT2D eigenvalue weighted by atomic mass is 19.1. The van der Waals surface area contributed by atoms with Gasteiger partial charge in [-0.15, -0.1) is 0 Å². The number of aryl methyl sites for hydroxylation is 2. The lowest BCUT2D eigenvalue weighted by molar-refractivity contribution is 0.306. The van der Waals surface area contributed by atoms with Crippen molar-refractivity contribution in [2.75, 3.05) is 6.61 Å². The van der Waals surface area contributed by atoms with Crippen molar-refractivity contribution in [3.05, 3.63) is 101 Å². The van der Waals surface area contributed by atoms with Crippen molar-refractivity contribution in [2.45, 2.75) is 32.6 Å². The van der Waals surface area contributed by atoms with Gasteiger partial charge in [0, 0.05) is 17.5 Å². The number of hydrogen-bond donors (Lipinski definition) is 0. The van der Waals surface area contributed by atoms with Gasteiger partial charge in [-0.25, -0.2) is 17.6 Å². The van der Waals surface area contributed by atoms with Crippen LogP contribution in [0.2, 0.25) is 0 Å². The molecule has 2 nitrogen and oxygen atoms in total. The van der Waals surface area contributed by atoms with Gasteiger partial charge in [-0.05, 0) is 59.5 Å². The molecule has 0 aliphatic rings. The molecule has 0 heterocycles. The van der Waals surface area contributed by atoms with Crippen molar-refractivity contribution in [1.29, 1.82) is 5.26 Å². The highest BCUT2D eigenvalue weighted by Gasteiger charge is 2.16. The second kappa shape index (κ2) is 10.6. The Balaban J connectivity index is 1.57. The predicted octanol–water partition coefficient (Wildman–Crippen LogP) is 7.90. The molecule has 35 heavy (non-hydrogen) atoms. The van der Waals surface area contributed by atoms with Crippen LogP contribution >= 0.6 is 0 Å². The molecule has 6 heteroatoms. The van der Waals surface area contributed by atoms with Crippen molar-refractivity contribution in [3.63, 3.8) is 0 Å². The van der Waals surface area contributed by atoms with Crippen LogP contribution in [0.15, 0.2) is 60.7 Å². The summed E-state index contributed by atoms with van der Waals surface area (Å²) in [5.41, 5.74) is 1.17. The van der Waals surface area contributed by atoms with E-state index in [0.29, 0.717) is 46.9 Å². The van der Waals surface area contributed by atoms with Crippen LogP contribution in [-0.4, -0.2) is 6.61 Å². The van der Waals surface area contributed by atoms with Crippen LogP contribution in [0.3, 0.4) is 0 Å². The highest BCUT2D eigenvalue weighted by Crippen LogP contribution is 2.33. The topological polar surface area (TPSA) is 33.0 Å². The third-order valence-electron chi connectivity index (χ3n) is 5.94. The number of ether oxygens (including phenoxy) is 1. The molecule has 0 fully saturated rings. The number of halogens is 4. The second-order valence-electron chi connectivity index (χ2n) is 8.36. The lowest BCUT2D eigenvalue weighted by atomic mass is 9.96. The Labute approximate surface area is 201 Å². The third kappa shape index (κ3) is 5.30. The number of fused-ring (bicyclic) bond motifs is 1. The summed E-state index contributed by atoms with van der Waals surface area (Å²) >= 11 is 0. The first-order valence-corrected chi connectivity index (χ1v) is 11.4. The number of benzene rings is 4. The van der Waals surface area contributed by atoms with E-state index in [9.17, 15) is 13.2 Å². The smallest absolute Gasteiger partial charge is 0.141 e. The van der Waals surface area contributed by atoms with Gasteiger partial charge >= 0.3 is 0 Å². The molecule has 4 aromatic carbocycles. The van der Waals surface area contributed by atoms with Crippen LogP contribution in [0.4, 0.5) is 17.6 Å². The molecule has 0 bridgehead atoms. The predicted molar refractivity (Wildman–Crippen MR) is 128 cm³/mol. The first-order chi connectivity index (χ1) is 16.9. The zero-order valence-electron chi connectivity index (χ0n) is 19.2. The van der Waals surface area contributed by atoms with Gasteiger partial charge in [0.25, 0.3) is 0 Å². The van der Waals surface area contributed by atoms with Crippen LogP contribution in [0.1, 0.15) is 36.5 Å². The summed E-state index contributed by atoms with van der Waals surface area (Å²) in [6.07, 6.45) is 2.42. The van der Waals surface area contributed by atoms with E-state index in [4.69, 9.17) is 10.00 Å². The van der Waals surface area contributed by atoms with Crippen molar-refractivity contribution in [1.82, 2.24) is 0 Å². The van der Waals surface area contributed by atoms with E-state index >= 15 is 4.39 Å². The van der Waals surface area contributed by atoms with Gasteiger partial charge in [-0.3, -0.25) is 0 Å². The number of hydrogen-bond acceptors (Lipinski definition) is 2. The van der Waals surface area contributed by atoms with Gasteiger partial charge in [0.2, 0.25) is 0 Å². The molecular formula is C29H23F4NO. The molecule has 0 N–H and O–H groups in total. The average Bonchev–Trinajstić information content (AvgIpc) is 2.83. The van der Waals surface area contributed by atoms with Gasteiger partial charge in [-0.2, -0.15) is 5.26 Å². The maximum atomic E-state index is 15.2. The van der Waals surface area contributed by atoms with E-state index in [1.165, 1.54) is 24.3 Å². The first-order valence-electron chi connectivity index (χ1n) is 11.4. The molecule has 0 atom stereocenters. The van der Waals surface area contributed by atoms with Crippen LogP contribution < -0.4 is 4.74 Å². The molecule has 0 radical (unpaired) electrons. The lowest BCUT2D eigenvalue weighted by Gasteiger charge is -2.12. The van der Waals surface area contributed by atoms with E-state index in [2.05, 4.69) is 0 Å². The highest BCUT2D eigenvalue weighted by molar-refractivity contribution is 5.88. The van der Waals surface area contributed by atoms with Gasteiger partial charge in [0.1, 0.15) is 35.1 Å². The quantitative estimate of drug-likeness (QED) is 0.191. The summed E-state index contributed by atoms with van der Waals surface area (Å²) in [7, 11) is 0. The second-order valence-corrected chi connectivity index (χ2v) is 8.36. The fraction of sp³-hybridized carbons (Fsp3) is 0.207. The monoisotopic (exact) mass is 477 g/mol. The van der Waals surface area contributed by atoms with Gasteiger partial charge in [0.15, 0.2) is 0 Å². The molecule has 0 aromatic heterocycles. The van der Waals surface area contributed by atoms with Gasteiger partial charge < -0.3 is 4.74 Å². The molecule has 0 aliphatic carbocycles. The first kappa shape index (κ1) is 24.3. The van der Waals surface area contributed by atoms with Crippen LogP contribution in [0.5, 0.6) is 5.75 Å². The normalized spacial score (nSPS) is 11.0. The van der Waals surface area contributed by atoms with Gasteiger partial charge in [-0.1, -0.05) is 43.7 Å². The lowest BCUT2D eigenvalue weighted by Crippen LogP contribution is -1.99. The minimum atomic E-state index is -0.748. The Kier molecular flexibility index (Phi) is 7.36. The van der Waals surface area contributed by atoms with Crippen LogP contribution in [0, 0.1) is 34.6 Å². The summed E-state index contributed by atoms with van der Waals surface area (Å²) in [5.74, 6) is -2.39. The molecule has 178 valence electrons. The van der Waals surface area contributed by atoms with Crippen molar-refractivity contribution in [2.24, 2.45) is 0 Å². The molecule has 0 amide bonds. The maximum Gasteiger partial charge on any atom is 0.141 e. The molecule has 4 rings (SSSR count). The minimum Gasteiger partial charge on any atom is -0.493 e. The summed E-state index contributed by atoms with van der Waals surface area (Å²) in [5, 5.41) is 9.68. The summed E-state index contributed by atoms with van der Waals surface area (Å²) in [6.45, 7) is 2.38. The number of rotatable bonds is 8. The van der Waals surface area contributed by atoms with E-state index in [1.807, 2.05) is 6.92 Å². The Morgan fingerprint density at radius 1 is 0.829 bits per heavy atom. The van der Waals surface area contributed by atoms with E-state index in [1.54, 1.807) is 30.3 Å². The van der Waals surface area contributed by atoms with Crippen LogP contribution in [0.25, 0.3) is 21.9 Å². The zero-order valence-corrected chi connectivity index (χ0v) is 19.2. The molecule has 0 spiro atoms. The molecule has 0 saturated heterocycles. The molecule has 0 aliphatic heterocycles. The largest absolute Gasteiger partial charge is 0.493 e. The van der Waals surface area contributed by atoms with E-state index in [0.717, 1.165) is 25.0 Å². The van der Waals surface area contributed by atoms with Gasteiger partial charge in [0.05, 0.1) is 17.7 Å². The number of unbranched alkanes of at least 4 members (excludes halogenated alkanes) is 1. The Bertz CT molecular complexity index is 1400. The number of nitriles is 1. The van der Waals surface area contributed by atoms with Crippen molar-refractivity contribution >= 4 is 10.8 Å². The standard InChI is InChI=1S/C29H23F4NO/c1-2-3-12-35-23-15-26(31)28(27(32)16-23)21-10-11-24-20(14-21)9-8-19(29(24)33)6-4-18-5-7-22(17-34)25(30)13-18/h5,7-11,13-16H,2-4,6,12H2,1H3. The third-order valence-corrected chi connectivity index (χ3v) is 5.94. The van der Waals surface area contributed by atoms with E-state index < -0.39 is 23.3 Å². The molecular weight excluding hydrogens is 454 g/mol. The number of nitrogens with zero attached hydrogens (tertiary/aromatic N) is 1. The SMILES string of the molecule is CCCCOc1cc(F)c(-c2ccc3c(F)c(CCc4ccc(C#N)c(F)c4)ccc3c2)c(F)c1. The maximum absolute atomic E-state index is 15.2. The zero-order chi connectivity index (χ0) is 24.9. The van der Waals surface area contributed by atoms with Crippen LogP contribution in [-0.2, 0) is 12.8 Å². The summed E-state index contributed by atoms with van der Waals surface area (Å²) < 4.78 is 63.9. The van der Waals surface area contributed by atoms with Crippen molar-refractivity contribution < 1.29 is 22.3 Å². The fourth-order valence-electron chi connectivity index (χ4n) is 4.01. The average molecular weight is 478 g/mol. The summed E-state index contributed by atoms with van der Waals surface area (Å²) in [6, 6.07) is 16.3. The summed E-state index contributed by atoms with van der Waals surface area (Å²) in [4.78, 5) is 0. The molecule has 0 saturated carbocycles. The van der Waals surface area contributed by atoms with Crippen molar-refractivity contribution in [3.8, 4) is 22.9 Å². The molecule has 4 aromatic rings. The molecule has 0 unspecified atom stereocenters. The Hall–Kier alpha value is -3.85.